The molecule has 5 rings (SSSR count). The van der Waals surface area contributed by atoms with Crippen LogP contribution in [-0.4, -0.2) is 75.9 Å². The van der Waals surface area contributed by atoms with Gasteiger partial charge in [-0.25, -0.2) is 0 Å². The van der Waals surface area contributed by atoms with Crippen molar-refractivity contribution in [2.24, 2.45) is 11.8 Å². The van der Waals surface area contributed by atoms with Crippen molar-refractivity contribution in [1.29, 1.82) is 0 Å². The second-order valence-corrected chi connectivity index (χ2v) is 13.7. The molecule has 0 radical (unpaired) electrons. The van der Waals surface area contributed by atoms with Crippen LogP contribution in [0, 0.1) is 11.8 Å². The molecule has 0 amide bonds. The van der Waals surface area contributed by atoms with Crippen molar-refractivity contribution in [1.82, 2.24) is 15.3 Å². The second-order valence-electron chi connectivity index (χ2n) is 13.7. The Morgan fingerprint density at radius 3 is 1.73 bits per heavy atom. The van der Waals surface area contributed by atoms with E-state index in [-0.39, 0.29) is 50.1 Å². The van der Waals surface area contributed by atoms with Crippen LogP contribution < -0.4 is 15.6 Å². The first-order valence-electron chi connectivity index (χ1n) is 14.4. The molecule has 0 saturated carbocycles. The molecule has 0 spiro atoms. The van der Waals surface area contributed by atoms with Gasteiger partial charge in [0.25, 0.3) is 0 Å². The van der Waals surface area contributed by atoms with E-state index in [2.05, 4.69) is 29.1 Å². The fourth-order valence-electron chi connectivity index (χ4n) is 3.85. The molecule has 0 aromatic carbocycles. The van der Waals surface area contributed by atoms with Crippen LogP contribution in [0.5, 0.6) is 0 Å². The standard InChI is InChI=1S/C14H25BN2O3.C9H15BN2O2.C5H10O.H/c1-10(2)12(18)9-17-8-11(7-16-17)15-19-13(3,4)14(5,6)20-15;1-8(2)9(3,4)14-10(13-8)7-5-11-12-6-7;1-4(2)5-3-6-5;/h7-8,10,12,18H,9H2,1-6H3;5-6H,1-4H3,(H,11,12);4-5H,3H2,1-2H3;/q;;;-1/p+1/i;;;1+2. The number of nitrogens with one attached hydrogen (secondary N) is 2. The summed E-state index contributed by atoms with van der Waals surface area (Å²) < 4.78 is 30.5. The van der Waals surface area contributed by atoms with Crippen LogP contribution in [0.2, 0.25) is 0 Å². The van der Waals surface area contributed by atoms with Gasteiger partial charge in [0, 0.05) is 17.9 Å². The van der Waals surface area contributed by atoms with Gasteiger partial charge in [-0.1, -0.05) is 27.7 Å². The first-order valence-corrected chi connectivity index (χ1v) is 14.4. The third-order valence-corrected chi connectivity index (χ3v) is 8.53. The molecule has 3 N–H and O–H groups in total. The van der Waals surface area contributed by atoms with Gasteiger partial charge in [0.15, 0.2) is 12.7 Å². The number of aliphatic hydroxyl groups excluding tert-OH is 1. The van der Waals surface area contributed by atoms with Crippen molar-refractivity contribution < 1.29 is 34.6 Å². The van der Waals surface area contributed by atoms with E-state index in [0.29, 0.717) is 12.6 Å². The van der Waals surface area contributed by atoms with Crippen LogP contribution in [0.15, 0.2) is 24.8 Å². The Labute approximate surface area is 242 Å². The Kier molecular flexibility index (Phi) is 10.1. The van der Waals surface area contributed by atoms with Gasteiger partial charge in [-0.15, -0.1) is 4.68 Å². The molecular formula is C28H52B2N4O6. The third kappa shape index (κ3) is 7.98. The summed E-state index contributed by atoms with van der Waals surface area (Å²) in [5, 5.41) is 19.7. The molecule has 2 aromatic heterocycles. The number of nitrogens with zero attached hydrogens (tertiary/aromatic N) is 2. The van der Waals surface area contributed by atoms with Crippen LogP contribution in [-0.2, 0) is 29.9 Å². The van der Waals surface area contributed by atoms with Crippen LogP contribution in [0.3, 0.4) is 0 Å². The quantitative estimate of drug-likeness (QED) is 0.281. The second kappa shape index (κ2) is 12.3. The van der Waals surface area contributed by atoms with Crippen molar-refractivity contribution in [3.8, 4) is 0 Å². The maximum atomic E-state index is 9.92. The van der Waals surface area contributed by atoms with E-state index < -0.39 is 0 Å². The highest BCUT2D eigenvalue weighted by Crippen LogP contribution is 2.37. The molecule has 3 saturated heterocycles. The van der Waals surface area contributed by atoms with Gasteiger partial charge in [-0.05, 0) is 67.2 Å². The number of aliphatic hydroxyl groups is 1. The largest absolute Gasteiger partial charge is 1.00 e. The average molecular weight is 564 g/mol. The van der Waals surface area contributed by atoms with E-state index in [9.17, 15) is 5.11 Å². The highest BCUT2D eigenvalue weighted by molar-refractivity contribution is 6.62. The first-order chi connectivity index (χ1) is 18.3. The number of epoxide rings is 1. The minimum absolute atomic E-state index is 0. The number of hydrogen-bond acceptors (Lipinski definition) is 7. The van der Waals surface area contributed by atoms with Gasteiger partial charge in [-0.2, -0.15) is 10.2 Å². The van der Waals surface area contributed by atoms with E-state index in [1.165, 1.54) is 0 Å². The lowest BCUT2D eigenvalue weighted by atomic mass is 9.82. The monoisotopic (exact) mass is 564 g/mol. The summed E-state index contributed by atoms with van der Waals surface area (Å²) in [6, 6.07) is 0. The number of rotatable bonds is 6. The van der Waals surface area contributed by atoms with Crippen LogP contribution in [0.1, 0.15) is 84.5 Å². The van der Waals surface area contributed by atoms with Gasteiger partial charge >= 0.3 is 14.2 Å². The fraction of sp³-hybridized carbons (Fsp3) is 0.786. The molecule has 12 heteroatoms. The fourth-order valence-corrected chi connectivity index (χ4v) is 3.85. The molecule has 0 aliphatic carbocycles. The molecule has 3 fully saturated rings. The molecule has 3 aliphatic rings. The average Bonchev–Trinajstić information content (AvgIpc) is 3.15. The number of hydrogen-bond donors (Lipinski definition) is 3. The van der Waals surface area contributed by atoms with Gasteiger partial charge in [0.05, 0.1) is 46.8 Å². The number of ether oxygens (including phenoxy) is 1. The van der Waals surface area contributed by atoms with Crippen LogP contribution >= 0.6 is 0 Å². The molecule has 3 aliphatic heterocycles. The lowest BCUT2D eigenvalue weighted by molar-refractivity contribution is -0.756. The number of aromatic nitrogens is 4. The zero-order chi connectivity index (χ0) is 30.1. The molecule has 2 unspecified atom stereocenters. The third-order valence-electron chi connectivity index (χ3n) is 8.53. The maximum Gasteiger partial charge on any atom is 0.502 e. The van der Waals surface area contributed by atoms with Gasteiger partial charge < -0.3 is 29.9 Å². The van der Waals surface area contributed by atoms with Crippen molar-refractivity contribution in [2.75, 3.05) is 6.61 Å². The summed E-state index contributed by atoms with van der Waals surface area (Å²) in [5.41, 5.74) is 0.640. The van der Waals surface area contributed by atoms with E-state index in [1.54, 1.807) is 12.4 Å². The topological polar surface area (TPSA) is 118 Å². The Morgan fingerprint density at radius 1 is 0.900 bits per heavy atom. The first kappa shape index (κ1) is 32.8. The SMILES string of the molecule is CC(C)C(O)C[n+]1cc(B2OC(C)(C)C(C)(C)O2)c[nH]1.CC(C)C1CO1.CC1(C)OB(c2cn[nH]c2)OC1(C)C.[3H-]. The Morgan fingerprint density at radius 2 is 1.38 bits per heavy atom. The molecule has 2 atom stereocenters. The van der Waals surface area contributed by atoms with Crippen molar-refractivity contribution in [3.63, 3.8) is 0 Å². The van der Waals surface area contributed by atoms with Gasteiger partial charge in [-0.3, -0.25) is 5.10 Å². The van der Waals surface area contributed by atoms with Crippen LogP contribution in [0.25, 0.3) is 0 Å². The van der Waals surface area contributed by atoms with E-state index in [0.717, 1.165) is 23.5 Å². The normalized spacial score (nSPS) is 24.4. The zero-order valence-electron chi connectivity index (χ0n) is 27.6. The molecule has 40 heavy (non-hydrogen) atoms. The molecular weight excluding hydrogens is 510 g/mol. The molecule has 0 bridgehead atoms. The summed E-state index contributed by atoms with van der Waals surface area (Å²) in [4.78, 5) is 0. The van der Waals surface area contributed by atoms with E-state index >= 15 is 0 Å². The van der Waals surface area contributed by atoms with Crippen LogP contribution in [0.4, 0.5) is 0 Å². The van der Waals surface area contributed by atoms with E-state index in [1.807, 2.05) is 86.3 Å². The summed E-state index contributed by atoms with van der Waals surface area (Å²) >= 11 is 0. The number of H-pyrrole nitrogens is 2. The molecule has 5 heterocycles. The molecule has 10 nitrogen and oxygen atoms in total. The summed E-state index contributed by atoms with van der Waals surface area (Å²) in [6.07, 6.45) is 7.56. The predicted molar refractivity (Wildman–Crippen MR) is 158 cm³/mol. The highest BCUT2D eigenvalue weighted by atomic mass is 16.7. The van der Waals surface area contributed by atoms with Crippen molar-refractivity contribution in [3.05, 3.63) is 24.8 Å². The molecule has 226 valence electrons. The molecule has 2 aromatic rings. The van der Waals surface area contributed by atoms with E-state index in [4.69, 9.17) is 23.4 Å². The smallest absolute Gasteiger partial charge is 0.502 e. The summed E-state index contributed by atoms with van der Waals surface area (Å²) in [6.45, 7) is 26.2. The van der Waals surface area contributed by atoms with Gasteiger partial charge in [0.2, 0.25) is 0 Å². The minimum Gasteiger partial charge on any atom is -1.00 e. The maximum absolute atomic E-state index is 9.92. The summed E-state index contributed by atoms with van der Waals surface area (Å²) in [5.74, 6) is 0.969. The zero-order valence-corrected chi connectivity index (χ0v) is 26.6. The predicted octanol–water partition coefficient (Wildman–Crippen LogP) is 2.48. The Hall–Kier alpha value is -1.69. The summed E-state index contributed by atoms with van der Waals surface area (Å²) in [7, 11) is -0.674. The Bertz CT molecular complexity index is 1040. The van der Waals surface area contributed by atoms with Crippen molar-refractivity contribution >= 4 is 25.2 Å². The minimum atomic E-state index is -0.371. The van der Waals surface area contributed by atoms with Gasteiger partial charge in [0.1, 0.15) is 6.10 Å². The Balaban J connectivity index is 0.000000242. The lowest BCUT2D eigenvalue weighted by Crippen LogP contribution is -2.44. The highest BCUT2D eigenvalue weighted by Gasteiger charge is 2.53. The number of aromatic amines is 2. The van der Waals surface area contributed by atoms with Crippen molar-refractivity contribution in [2.45, 2.75) is 124 Å². The lowest BCUT2D eigenvalue weighted by Gasteiger charge is -2.32.